The third-order valence-electron chi connectivity index (χ3n) is 2.28. The first-order valence-electron chi connectivity index (χ1n) is 4.99. The van der Waals surface area contributed by atoms with Crippen LogP contribution in [0, 0.1) is 0 Å². The van der Waals surface area contributed by atoms with Crippen molar-refractivity contribution >= 4 is 6.08 Å². The number of benzene rings is 1. The first kappa shape index (κ1) is 12.3. The molecule has 0 heterocycles. The van der Waals surface area contributed by atoms with Gasteiger partial charge in [0.1, 0.15) is 11.5 Å². The number of aliphatic imine (C=N–C) groups is 1. The molecule has 0 aliphatic carbocycles. The molecule has 0 amide bonds. The molecule has 16 heavy (non-hydrogen) atoms. The van der Waals surface area contributed by atoms with Crippen LogP contribution in [-0.4, -0.2) is 26.3 Å². The molecule has 0 spiro atoms. The van der Waals surface area contributed by atoms with Gasteiger partial charge in [-0.25, -0.2) is 9.79 Å². The van der Waals surface area contributed by atoms with Gasteiger partial charge in [-0.3, -0.25) is 0 Å². The van der Waals surface area contributed by atoms with E-state index in [1.54, 1.807) is 20.3 Å². The second kappa shape index (κ2) is 5.93. The Bertz CT molecular complexity index is 397. The van der Waals surface area contributed by atoms with Crippen molar-refractivity contribution in [3.63, 3.8) is 0 Å². The third-order valence-corrected chi connectivity index (χ3v) is 2.28. The highest BCUT2D eigenvalue weighted by Crippen LogP contribution is 2.25. The topological polar surface area (TPSA) is 47.9 Å². The van der Waals surface area contributed by atoms with E-state index in [9.17, 15) is 4.79 Å². The van der Waals surface area contributed by atoms with E-state index in [-0.39, 0.29) is 6.04 Å². The van der Waals surface area contributed by atoms with Gasteiger partial charge >= 0.3 is 0 Å². The van der Waals surface area contributed by atoms with Gasteiger partial charge in [-0.15, -0.1) is 0 Å². The second-order valence-corrected chi connectivity index (χ2v) is 3.45. The summed E-state index contributed by atoms with van der Waals surface area (Å²) in [5.41, 5.74) is 0.966. The van der Waals surface area contributed by atoms with Crippen molar-refractivity contribution in [1.29, 1.82) is 0 Å². The van der Waals surface area contributed by atoms with Gasteiger partial charge in [0.2, 0.25) is 6.08 Å². The third kappa shape index (κ3) is 3.11. The highest BCUT2D eigenvalue weighted by molar-refractivity contribution is 5.41. The maximum atomic E-state index is 10.1. The molecule has 0 saturated carbocycles. The van der Waals surface area contributed by atoms with Crippen LogP contribution in [0.15, 0.2) is 23.2 Å². The van der Waals surface area contributed by atoms with Crippen LogP contribution in [0.25, 0.3) is 0 Å². The molecule has 1 unspecified atom stereocenters. The molecule has 0 bridgehead atoms. The maximum Gasteiger partial charge on any atom is 0.235 e. The molecular weight excluding hydrogens is 206 g/mol. The van der Waals surface area contributed by atoms with Crippen molar-refractivity contribution in [2.45, 2.75) is 19.4 Å². The first-order valence-corrected chi connectivity index (χ1v) is 4.99. The summed E-state index contributed by atoms with van der Waals surface area (Å²) in [4.78, 5) is 13.8. The monoisotopic (exact) mass is 221 g/mol. The lowest BCUT2D eigenvalue weighted by Crippen LogP contribution is -2.04. The van der Waals surface area contributed by atoms with Crippen LogP contribution in [0.5, 0.6) is 11.5 Å². The Morgan fingerprint density at radius 1 is 1.38 bits per heavy atom. The molecule has 0 aromatic heterocycles. The van der Waals surface area contributed by atoms with Crippen LogP contribution < -0.4 is 9.47 Å². The quantitative estimate of drug-likeness (QED) is 0.564. The lowest BCUT2D eigenvalue weighted by molar-refractivity contribution is 0.397. The normalized spacial score (nSPS) is 11.4. The minimum absolute atomic E-state index is 0.112. The van der Waals surface area contributed by atoms with Gasteiger partial charge in [-0.1, -0.05) is 0 Å². The predicted octanol–water partition coefficient (Wildman–Crippen LogP) is 1.97. The van der Waals surface area contributed by atoms with E-state index in [2.05, 4.69) is 4.99 Å². The van der Waals surface area contributed by atoms with Gasteiger partial charge < -0.3 is 9.47 Å². The van der Waals surface area contributed by atoms with Crippen LogP contribution in [0.2, 0.25) is 0 Å². The fourth-order valence-electron chi connectivity index (χ4n) is 1.50. The van der Waals surface area contributed by atoms with E-state index in [1.807, 2.05) is 25.1 Å². The summed E-state index contributed by atoms with van der Waals surface area (Å²) >= 11 is 0. The number of rotatable bonds is 5. The minimum Gasteiger partial charge on any atom is -0.497 e. The maximum absolute atomic E-state index is 10.1. The fraction of sp³-hybridized carbons (Fsp3) is 0.417. The average Bonchev–Trinajstić information content (AvgIpc) is 2.29. The Morgan fingerprint density at radius 2 is 2.12 bits per heavy atom. The van der Waals surface area contributed by atoms with Crippen LogP contribution in [0.4, 0.5) is 0 Å². The molecule has 4 nitrogen and oxygen atoms in total. The summed E-state index contributed by atoms with van der Waals surface area (Å²) in [6.45, 7) is 1.85. The molecule has 4 heteroatoms. The zero-order chi connectivity index (χ0) is 12.0. The van der Waals surface area contributed by atoms with Crippen molar-refractivity contribution in [3.05, 3.63) is 23.8 Å². The van der Waals surface area contributed by atoms with Crippen LogP contribution in [0.3, 0.4) is 0 Å². The standard InChI is InChI=1S/C12H15NO3/c1-9(13-8-14)6-10-7-11(15-2)4-5-12(10)16-3/h4-5,7,9H,6H2,1-3H3. The summed E-state index contributed by atoms with van der Waals surface area (Å²) in [5, 5.41) is 0. The number of hydrogen-bond acceptors (Lipinski definition) is 4. The number of hydrogen-bond donors (Lipinski definition) is 0. The van der Waals surface area contributed by atoms with Gasteiger partial charge in [-0.05, 0) is 37.1 Å². The zero-order valence-electron chi connectivity index (χ0n) is 9.69. The molecule has 0 N–H and O–H groups in total. The highest BCUT2D eigenvalue weighted by Gasteiger charge is 2.08. The summed E-state index contributed by atoms with van der Waals surface area (Å²) in [6, 6.07) is 5.44. The molecular formula is C12H15NO3. The van der Waals surface area contributed by atoms with Crippen molar-refractivity contribution in [1.82, 2.24) is 0 Å². The van der Waals surface area contributed by atoms with Gasteiger partial charge in [-0.2, -0.15) is 0 Å². The highest BCUT2D eigenvalue weighted by atomic mass is 16.5. The Kier molecular flexibility index (Phi) is 4.55. The molecule has 0 saturated heterocycles. The molecule has 0 aliphatic rings. The van der Waals surface area contributed by atoms with Crippen LogP contribution in [0.1, 0.15) is 12.5 Å². The zero-order valence-corrected chi connectivity index (χ0v) is 9.69. The van der Waals surface area contributed by atoms with Gasteiger partial charge in [0.05, 0.1) is 20.3 Å². The molecule has 0 radical (unpaired) electrons. The minimum atomic E-state index is -0.112. The Hall–Kier alpha value is -1.80. The second-order valence-electron chi connectivity index (χ2n) is 3.45. The summed E-state index contributed by atoms with van der Waals surface area (Å²) in [5.74, 6) is 1.53. The SMILES string of the molecule is COc1ccc(OC)c(CC(C)N=C=O)c1. The van der Waals surface area contributed by atoms with E-state index in [1.165, 1.54) is 0 Å². The first-order chi connectivity index (χ1) is 7.71. The van der Waals surface area contributed by atoms with Crippen molar-refractivity contribution < 1.29 is 14.3 Å². The van der Waals surface area contributed by atoms with E-state index in [0.717, 1.165) is 17.1 Å². The van der Waals surface area contributed by atoms with E-state index in [4.69, 9.17) is 9.47 Å². The molecule has 1 aromatic carbocycles. The van der Waals surface area contributed by atoms with Gasteiger partial charge in [0.15, 0.2) is 0 Å². The lowest BCUT2D eigenvalue weighted by atomic mass is 10.1. The number of carbonyl (C=O) groups excluding carboxylic acids is 1. The summed E-state index contributed by atoms with van der Waals surface area (Å²) in [7, 11) is 3.22. The smallest absolute Gasteiger partial charge is 0.235 e. The molecule has 1 rings (SSSR count). The Labute approximate surface area is 94.9 Å². The number of ether oxygens (including phenoxy) is 2. The molecule has 0 fully saturated rings. The number of methoxy groups -OCH3 is 2. The number of nitrogens with zero attached hydrogens (tertiary/aromatic N) is 1. The summed E-state index contributed by atoms with van der Waals surface area (Å²) < 4.78 is 10.4. The van der Waals surface area contributed by atoms with Gasteiger partial charge in [0, 0.05) is 0 Å². The van der Waals surface area contributed by atoms with Crippen molar-refractivity contribution in [2.75, 3.05) is 14.2 Å². The largest absolute Gasteiger partial charge is 0.497 e. The Balaban J connectivity index is 2.94. The molecule has 1 atom stereocenters. The molecule has 1 aromatic rings. The molecule has 86 valence electrons. The van der Waals surface area contributed by atoms with Crippen molar-refractivity contribution in [3.8, 4) is 11.5 Å². The van der Waals surface area contributed by atoms with E-state index < -0.39 is 0 Å². The van der Waals surface area contributed by atoms with Gasteiger partial charge in [0.25, 0.3) is 0 Å². The van der Waals surface area contributed by atoms with E-state index in [0.29, 0.717) is 6.42 Å². The fourth-order valence-corrected chi connectivity index (χ4v) is 1.50. The molecule has 0 aliphatic heterocycles. The number of isocyanates is 1. The predicted molar refractivity (Wildman–Crippen MR) is 60.8 cm³/mol. The van der Waals surface area contributed by atoms with E-state index >= 15 is 0 Å². The van der Waals surface area contributed by atoms with Crippen molar-refractivity contribution in [2.24, 2.45) is 4.99 Å². The van der Waals surface area contributed by atoms with Crippen LogP contribution in [-0.2, 0) is 11.2 Å². The Morgan fingerprint density at radius 3 is 2.69 bits per heavy atom. The average molecular weight is 221 g/mol. The van der Waals surface area contributed by atoms with Crippen LogP contribution >= 0.6 is 0 Å². The summed E-state index contributed by atoms with van der Waals surface area (Å²) in [6.07, 6.45) is 2.18. The lowest BCUT2D eigenvalue weighted by Gasteiger charge is -2.11.